The Kier molecular flexibility index (Phi) is 7.54. The zero-order valence-corrected chi connectivity index (χ0v) is 23.9. The second-order valence-electron chi connectivity index (χ2n) is 9.62. The van der Waals surface area contributed by atoms with Gasteiger partial charge < -0.3 is 20.2 Å². The van der Waals surface area contributed by atoms with Gasteiger partial charge in [0.15, 0.2) is 5.76 Å². The van der Waals surface area contributed by atoms with Crippen molar-refractivity contribution in [2.24, 2.45) is 5.73 Å². The molecule has 1 aromatic carbocycles. The average Bonchev–Trinajstić information content (AvgIpc) is 3.65. The van der Waals surface area contributed by atoms with E-state index in [1.54, 1.807) is 17.7 Å². The maximum atomic E-state index is 13.8. The number of amides is 2. The van der Waals surface area contributed by atoms with E-state index in [-0.39, 0.29) is 38.7 Å². The summed E-state index contributed by atoms with van der Waals surface area (Å²) < 4.78 is 54.5. The topological polar surface area (TPSA) is 125 Å². The fourth-order valence-corrected chi connectivity index (χ4v) is 5.50. The lowest BCUT2D eigenvalue weighted by molar-refractivity contribution is -0.140. The quantitative estimate of drug-likeness (QED) is 0.206. The third kappa shape index (κ3) is 5.47. The van der Waals surface area contributed by atoms with Crippen molar-refractivity contribution < 1.29 is 31.9 Å². The number of hydrogen-bond acceptors (Lipinski definition) is 7. The number of thiophene rings is 1. The van der Waals surface area contributed by atoms with Crippen LogP contribution in [0.1, 0.15) is 55.4 Å². The summed E-state index contributed by atoms with van der Waals surface area (Å²) in [7, 11) is 0. The lowest BCUT2D eigenvalue weighted by Gasteiger charge is -2.12. The highest BCUT2D eigenvalue weighted by atomic mass is 32.1. The van der Waals surface area contributed by atoms with Crippen LogP contribution in [0.4, 0.5) is 18.9 Å². The average molecular weight is 598 g/mol. The van der Waals surface area contributed by atoms with Crippen LogP contribution in [0.25, 0.3) is 21.3 Å². The molecule has 4 aromatic heterocycles. The summed E-state index contributed by atoms with van der Waals surface area (Å²) in [5.41, 5.74) is 7.66. The van der Waals surface area contributed by atoms with E-state index in [1.165, 1.54) is 12.3 Å². The molecule has 0 spiro atoms. The zero-order valence-electron chi connectivity index (χ0n) is 23.0. The number of nitrogens with zero attached hydrogens (tertiary/aromatic N) is 3. The summed E-state index contributed by atoms with van der Waals surface area (Å²) in [6.45, 7) is 8.06. The summed E-state index contributed by atoms with van der Waals surface area (Å²) in [4.78, 5) is 29.2. The van der Waals surface area contributed by atoms with Crippen LogP contribution in [-0.4, -0.2) is 26.6 Å². The van der Waals surface area contributed by atoms with Crippen molar-refractivity contribution in [3.63, 3.8) is 0 Å². The van der Waals surface area contributed by atoms with Crippen molar-refractivity contribution in [3.05, 3.63) is 81.5 Å². The minimum absolute atomic E-state index is 0.0542. The van der Waals surface area contributed by atoms with Crippen molar-refractivity contribution in [3.8, 4) is 16.9 Å². The summed E-state index contributed by atoms with van der Waals surface area (Å²) >= 11 is 0.662. The molecule has 0 fully saturated rings. The summed E-state index contributed by atoms with van der Waals surface area (Å²) in [6, 6.07) is 9.54. The Balaban J connectivity index is 1.52. The molecule has 0 radical (unpaired) electrons. The number of aryl methyl sites for hydroxylation is 3. The predicted octanol–water partition coefficient (Wildman–Crippen LogP) is 6.65. The number of carbonyl (C=O) groups is 2. The number of ether oxygens (including phenoxy) is 1. The number of hydrogen-bond donors (Lipinski definition) is 2. The van der Waals surface area contributed by atoms with Crippen LogP contribution in [0, 0.1) is 20.8 Å². The van der Waals surface area contributed by atoms with Gasteiger partial charge in [0.05, 0.1) is 11.9 Å². The number of carbonyl (C=O) groups excluding carboxylic acids is 2. The standard InChI is InChI=1S/C29H26F3N5O4S/c1-5-37-16(4)20(12-34-37)19-11-22(29(30,31)32)35-28-23(19)24(25(42-28)26(33)38)36-27(39)21-9-8-18(41-21)13-40-17-7-6-14(2)15(3)10-17/h6-12H,5,13H2,1-4H3,(H2,33,38)(H,36,39). The van der Waals surface area contributed by atoms with Gasteiger partial charge in [-0.3, -0.25) is 14.3 Å². The van der Waals surface area contributed by atoms with Crippen molar-refractivity contribution in [1.29, 1.82) is 0 Å². The molecule has 0 atom stereocenters. The monoisotopic (exact) mass is 597 g/mol. The third-order valence-electron chi connectivity index (χ3n) is 6.85. The van der Waals surface area contributed by atoms with Crippen molar-refractivity contribution in [1.82, 2.24) is 14.8 Å². The van der Waals surface area contributed by atoms with E-state index < -0.39 is 23.7 Å². The summed E-state index contributed by atoms with van der Waals surface area (Å²) in [5, 5.41) is 7.02. The second-order valence-corrected chi connectivity index (χ2v) is 10.6. The number of primary amides is 1. The van der Waals surface area contributed by atoms with Gasteiger partial charge in [-0.1, -0.05) is 6.07 Å². The van der Waals surface area contributed by atoms with Crippen LogP contribution in [0.15, 0.2) is 47.0 Å². The predicted molar refractivity (Wildman–Crippen MR) is 152 cm³/mol. The Labute approximate surface area is 242 Å². The molecular formula is C29H26F3N5O4S. The molecule has 0 saturated heterocycles. The number of pyridine rings is 1. The first-order valence-electron chi connectivity index (χ1n) is 12.8. The third-order valence-corrected chi connectivity index (χ3v) is 7.95. The van der Waals surface area contributed by atoms with Crippen LogP contribution >= 0.6 is 11.3 Å². The maximum absolute atomic E-state index is 13.8. The Morgan fingerprint density at radius 2 is 1.86 bits per heavy atom. The van der Waals surface area contributed by atoms with Crippen molar-refractivity contribution in [2.45, 2.75) is 47.0 Å². The van der Waals surface area contributed by atoms with Gasteiger partial charge in [0, 0.05) is 23.2 Å². The second kappa shape index (κ2) is 11.0. The normalized spacial score (nSPS) is 11.7. The van der Waals surface area contributed by atoms with Crippen LogP contribution in [0.5, 0.6) is 5.75 Å². The zero-order chi connectivity index (χ0) is 30.3. The van der Waals surface area contributed by atoms with Crippen LogP contribution in [-0.2, 0) is 19.3 Å². The van der Waals surface area contributed by atoms with E-state index >= 15 is 0 Å². The molecule has 4 heterocycles. The maximum Gasteiger partial charge on any atom is 0.433 e. The summed E-state index contributed by atoms with van der Waals surface area (Å²) in [6.07, 6.45) is -3.32. The van der Waals surface area contributed by atoms with E-state index in [4.69, 9.17) is 14.9 Å². The van der Waals surface area contributed by atoms with Gasteiger partial charge >= 0.3 is 6.18 Å². The van der Waals surface area contributed by atoms with Crippen LogP contribution in [0.3, 0.4) is 0 Å². The number of alkyl halides is 3. The van der Waals surface area contributed by atoms with E-state index in [2.05, 4.69) is 15.4 Å². The Morgan fingerprint density at radius 1 is 1.10 bits per heavy atom. The minimum atomic E-state index is -4.76. The molecule has 5 aromatic rings. The number of halogens is 3. The number of fused-ring (bicyclic) bond motifs is 1. The number of furan rings is 1. The molecule has 0 bridgehead atoms. The summed E-state index contributed by atoms with van der Waals surface area (Å²) in [5.74, 6) is -0.767. The van der Waals surface area contributed by atoms with Crippen LogP contribution < -0.4 is 15.8 Å². The van der Waals surface area contributed by atoms with Gasteiger partial charge in [-0.05, 0) is 74.7 Å². The highest BCUT2D eigenvalue weighted by Gasteiger charge is 2.35. The number of anilines is 1. The molecule has 0 saturated carbocycles. The molecule has 2 amide bonds. The Morgan fingerprint density at radius 3 is 2.50 bits per heavy atom. The van der Waals surface area contributed by atoms with E-state index in [1.807, 2.05) is 39.0 Å². The number of benzene rings is 1. The number of nitrogens with one attached hydrogen (secondary N) is 1. The van der Waals surface area contributed by atoms with Crippen molar-refractivity contribution >= 4 is 39.1 Å². The number of aromatic nitrogens is 3. The largest absolute Gasteiger partial charge is 0.486 e. The first-order chi connectivity index (χ1) is 19.9. The molecule has 0 aliphatic heterocycles. The SMILES string of the molecule is CCn1ncc(-c2cc(C(F)(F)F)nc3sc(C(N)=O)c(NC(=O)c4ccc(COc5ccc(C)c(C)c5)o4)c23)c1C. The number of nitrogens with two attached hydrogens (primary N) is 1. The molecule has 13 heteroatoms. The highest BCUT2D eigenvalue weighted by Crippen LogP contribution is 2.44. The molecule has 42 heavy (non-hydrogen) atoms. The van der Waals surface area contributed by atoms with Gasteiger partial charge in [-0.2, -0.15) is 18.3 Å². The van der Waals surface area contributed by atoms with Crippen molar-refractivity contribution in [2.75, 3.05) is 5.32 Å². The molecule has 218 valence electrons. The number of rotatable bonds is 8. The molecule has 5 rings (SSSR count). The molecule has 3 N–H and O–H groups in total. The lowest BCUT2D eigenvalue weighted by atomic mass is 10.0. The van der Waals surface area contributed by atoms with E-state index in [0.717, 1.165) is 17.2 Å². The molecule has 0 aliphatic rings. The van der Waals surface area contributed by atoms with Gasteiger partial charge in [-0.15, -0.1) is 11.3 Å². The fourth-order valence-electron chi connectivity index (χ4n) is 4.49. The molecule has 9 nitrogen and oxygen atoms in total. The first-order valence-corrected chi connectivity index (χ1v) is 13.7. The highest BCUT2D eigenvalue weighted by molar-refractivity contribution is 7.21. The van der Waals surface area contributed by atoms with Crippen LogP contribution in [0.2, 0.25) is 0 Å². The van der Waals surface area contributed by atoms with E-state index in [9.17, 15) is 22.8 Å². The first kappa shape index (κ1) is 28.9. The Bertz CT molecular complexity index is 1840. The van der Waals surface area contributed by atoms with Gasteiger partial charge in [-0.25, -0.2) is 4.98 Å². The van der Waals surface area contributed by atoms with Gasteiger partial charge in [0.1, 0.15) is 33.5 Å². The van der Waals surface area contributed by atoms with E-state index in [0.29, 0.717) is 40.6 Å². The molecule has 0 aliphatic carbocycles. The van der Waals surface area contributed by atoms with Gasteiger partial charge in [0.25, 0.3) is 11.8 Å². The fraction of sp³-hybridized carbons (Fsp3) is 0.241. The molecular weight excluding hydrogens is 571 g/mol. The molecule has 0 unspecified atom stereocenters. The smallest absolute Gasteiger partial charge is 0.433 e. The Hall–Kier alpha value is -4.65. The lowest BCUT2D eigenvalue weighted by Crippen LogP contribution is -2.16. The minimum Gasteiger partial charge on any atom is -0.486 e. The van der Waals surface area contributed by atoms with Gasteiger partial charge in [0.2, 0.25) is 0 Å².